The van der Waals surface area contributed by atoms with E-state index in [0.29, 0.717) is 21.4 Å². The van der Waals surface area contributed by atoms with Gasteiger partial charge < -0.3 is 5.73 Å². The quantitative estimate of drug-likeness (QED) is 0.746. The van der Waals surface area contributed by atoms with Crippen LogP contribution in [0.1, 0.15) is 35.9 Å². The number of primary amides is 1. The summed E-state index contributed by atoms with van der Waals surface area (Å²) in [5.41, 5.74) is 7.78. The molecule has 0 spiro atoms. The Hall–Kier alpha value is -2.28. The summed E-state index contributed by atoms with van der Waals surface area (Å²) >= 11 is 3.25. The fraction of sp³-hybridized carbons (Fsp3) is 0.235. The molecule has 2 aromatic heterocycles. The monoisotopic (exact) mass is 388 g/mol. The maximum absolute atomic E-state index is 14.2. The van der Waals surface area contributed by atoms with Crippen LogP contribution in [-0.2, 0) is 5.41 Å². The van der Waals surface area contributed by atoms with Crippen LogP contribution in [0.25, 0.3) is 16.9 Å². The number of carbonyl (C=O) groups is 1. The summed E-state index contributed by atoms with van der Waals surface area (Å²) in [6, 6.07) is 8.18. The first kappa shape index (κ1) is 15.3. The number of amides is 1. The Morgan fingerprint density at radius 1 is 1.33 bits per heavy atom. The second kappa shape index (κ2) is 5.11. The zero-order valence-electron chi connectivity index (χ0n) is 12.9. The zero-order chi connectivity index (χ0) is 17.1. The SMILES string of the molecule is CC1(c2cc(C(N)=O)nc3cc(-c4ccc(Br)cc4F)nn23)CC1. The molecule has 1 fully saturated rings. The number of hydrogen-bond donors (Lipinski definition) is 1. The molecule has 122 valence electrons. The van der Waals surface area contributed by atoms with Gasteiger partial charge in [-0.05, 0) is 37.1 Å². The molecule has 0 bridgehead atoms. The van der Waals surface area contributed by atoms with Gasteiger partial charge in [-0.15, -0.1) is 0 Å². The van der Waals surface area contributed by atoms with Gasteiger partial charge in [0.15, 0.2) is 5.65 Å². The number of carbonyl (C=O) groups excluding carboxylic acids is 1. The van der Waals surface area contributed by atoms with Crippen LogP contribution < -0.4 is 5.73 Å². The number of nitrogens with zero attached hydrogens (tertiary/aromatic N) is 3. The molecule has 0 aliphatic heterocycles. The van der Waals surface area contributed by atoms with Crippen LogP contribution in [-0.4, -0.2) is 20.5 Å². The van der Waals surface area contributed by atoms with E-state index in [1.54, 1.807) is 28.8 Å². The molecule has 1 amide bonds. The van der Waals surface area contributed by atoms with Crippen LogP contribution in [0.2, 0.25) is 0 Å². The molecule has 0 unspecified atom stereocenters. The van der Waals surface area contributed by atoms with E-state index in [4.69, 9.17) is 5.73 Å². The summed E-state index contributed by atoms with van der Waals surface area (Å²) in [6.45, 7) is 2.11. The van der Waals surface area contributed by atoms with Crippen LogP contribution in [0.3, 0.4) is 0 Å². The van der Waals surface area contributed by atoms with Crippen LogP contribution >= 0.6 is 15.9 Å². The van der Waals surface area contributed by atoms with E-state index in [1.165, 1.54) is 6.07 Å². The number of aromatic nitrogens is 3. The lowest BCUT2D eigenvalue weighted by atomic mass is 10.0. The van der Waals surface area contributed by atoms with Gasteiger partial charge in [0.05, 0.1) is 11.4 Å². The predicted octanol–water partition coefficient (Wildman–Crippen LogP) is 3.45. The van der Waals surface area contributed by atoms with Crippen molar-refractivity contribution in [3.8, 4) is 11.3 Å². The number of nitrogens with two attached hydrogens (primary N) is 1. The van der Waals surface area contributed by atoms with Crippen molar-refractivity contribution < 1.29 is 9.18 Å². The Kier molecular flexibility index (Phi) is 3.25. The molecule has 5 nitrogen and oxygen atoms in total. The van der Waals surface area contributed by atoms with Crippen molar-refractivity contribution in [1.82, 2.24) is 14.6 Å². The van der Waals surface area contributed by atoms with Crippen molar-refractivity contribution >= 4 is 27.5 Å². The molecule has 2 N–H and O–H groups in total. The highest BCUT2D eigenvalue weighted by molar-refractivity contribution is 9.10. The fourth-order valence-electron chi connectivity index (χ4n) is 2.80. The molecular formula is C17H14BrFN4O. The molecule has 1 saturated carbocycles. The van der Waals surface area contributed by atoms with Gasteiger partial charge in [-0.25, -0.2) is 13.9 Å². The number of hydrogen-bond acceptors (Lipinski definition) is 3. The van der Waals surface area contributed by atoms with Gasteiger partial charge in [0.2, 0.25) is 0 Å². The molecule has 7 heteroatoms. The van der Waals surface area contributed by atoms with Gasteiger partial charge in [-0.1, -0.05) is 22.9 Å². The molecule has 2 heterocycles. The highest BCUT2D eigenvalue weighted by atomic mass is 79.9. The standard InChI is InChI=1S/C17H14BrFN4O/c1-17(4-5-17)14-7-13(16(20)24)21-15-8-12(22-23(14)15)10-3-2-9(18)6-11(10)19/h2-3,6-8H,4-5H2,1H3,(H2,20,24). The highest BCUT2D eigenvalue weighted by Gasteiger charge is 2.42. The number of rotatable bonds is 3. The summed E-state index contributed by atoms with van der Waals surface area (Å²) in [5.74, 6) is -0.956. The molecule has 3 aromatic rings. The number of fused-ring (bicyclic) bond motifs is 1. The van der Waals surface area contributed by atoms with Gasteiger partial charge in [-0.3, -0.25) is 4.79 Å². The van der Waals surface area contributed by atoms with Crippen LogP contribution in [0, 0.1) is 5.82 Å². The Balaban J connectivity index is 1.96. The zero-order valence-corrected chi connectivity index (χ0v) is 14.5. The molecule has 0 saturated heterocycles. The maximum Gasteiger partial charge on any atom is 0.267 e. The van der Waals surface area contributed by atoms with E-state index in [0.717, 1.165) is 18.5 Å². The molecule has 1 aromatic carbocycles. The Labute approximate surface area is 145 Å². The molecule has 1 aliphatic carbocycles. The van der Waals surface area contributed by atoms with Gasteiger partial charge in [0, 0.05) is 21.5 Å². The molecule has 4 rings (SSSR count). The first-order valence-electron chi connectivity index (χ1n) is 7.54. The minimum atomic E-state index is -0.583. The lowest BCUT2D eigenvalue weighted by molar-refractivity contribution is 0.0995. The van der Waals surface area contributed by atoms with E-state index < -0.39 is 5.91 Å². The van der Waals surface area contributed by atoms with Crippen molar-refractivity contribution in [1.29, 1.82) is 0 Å². The summed E-state index contributed by atoms with van der Waals surface area (Å²) in [6.07, 6.45) is 2.01. The van der Waals surface area contributed by atoms with Crippen molar-refractivity contribution in [3.63, 3.8) is 0 Å². The molecular weight excluding hydrogens is 375 g/mol. The minimum Gasteiger partial charge on any atom is -0.364 e. The van der Waals surface area contributed by atoms with E-state index in [9.17, 15) is 9.18 Å². The second-order valence-corrected chi connectivity index (χ2v) is 7.29. The summed E-state index contributed by atoms with van der Waals surface area (Å²) in [7, 11) is 0. The lowest BCUT2D eigenvalue weighted by Crippen LogP contribution is -2.18. The first-order valence-corrected chi connectivity index (χ1v) is 8.33. The summed E-state index contributed by atoms with van der Waals surface area (Å²) in [4.78, 5) is 15.8. The number of benzene rings is 1. The first-order chi connectivity index (χ1) is 11.4. The van der Waals surface area contributed by atoms with Crippen LogP contribution in [0.4, 0.5) is 4.39 Å². The normalized spacial score (nSPS) is 15.6. The average molecular weight is 389 g/mol. The maximum atomic E-state index is 14.2. The van der Waals surface area contributed by atoms with Gasteiger partial charge in [-0.2, -0.15) is 5.10 Å². The molecule has 0 atom stereocenters. The second-order valence-electron chi connectivity index (χ2n) is 6.38. The Morgan fingerprint density at radius 2 is 2.08 bits per heavy atom. The highest BCUT2D eigenvalue weighted by Crippen LogP contribution is 2.47. The van der Waals surface area contributed by atoms with E-state index >= 15 is 0 Å². The summed E-state index contributed by atoms with van der Waals surface area (Å²) < 4.78 is 16.6. The Bertz CT molecular complexity index is 994. The average Bonchev–Trinajstić information content (AvgIpc) is 3.12. The van der Waals surface area contributed by atoms with E-state index in [1.807, 2.05) is 0 Å². The van der Waals surface area contributed by atoms with Crippen molar-refractivity contribution in [3.05, 3.63) is 52.0 Å². The van der Waals surface area contributed by atoms with Crippen molar-refractivity contribution in [2.75, 3.05) is 0 Å². The van der Waals surface area contributed by atoms with Crippen molar-refractivity contribution in [2.45, 2.75) is 25.2 Å². The third-order valence-electron chi connectivity index (χ3n) is 4.51. The van der Waals surface area contributed by atoms with Crippen LogP contribution in [0.5, 0.6) is 0 Å². The molecule has 1 aliphatic rings. The smallest absolute Gasteiger partial charge is 0.267 e. The molecule has 0 radical (unpaired) electrons. The predicted molar refractivity (Wildman–Crippen MR) is 91.2 cm³/mol. The number of halogens is 2. The summed E-state index contributed by atoms with van der Waals surface area (Å²) in [5, 5.41) is 4.53. The third-order valence-corrected chi connectivity index (χ3v) is 5.00. The van der Waals surface area contributed by atoms with Gasteiger partial charge in [0.1, 0.15) is 11.5 Å². The minimum absolute atomic E-state index is 0.0487. The van der Waals surface area contributed by atoms with Gasteiger partial charge >= 0.3 is 0 Å². The Morgan fingerprint density at radius 3 is 2.71 bits per heavy atom. The van der Waals surface area contributed by atoms with Crippen molar-refractivity contribution in [2.24, 2.45) is 5.73 Å². The third kappa shape index (κ3) is 2.39. The lowest BCUT2D eigenvalue weighted by Gasteiger charge is -2.11. The van der Waals surface area contributed by atoms with E-state index in [-0.39, 0.29) is 16.9 Å². The van der Waals surface area contributed by atoms with Crippen LogP contribution in [0.15, 0.2) is 34.8 Å². The largest absolute Gasteiger partial charge is 0.364 e. The van der Waals surface area contributed by atoms with Gasteiger partial charge in [0.25, 0.3) is 5.91 Å². The molecule has 24 heavy (non-hydrogen) atoms. The van der Waals surface area contributed by atoms with E-state index in [2.05, 4.69) is 32.9 Å². The topological polar surface area (TPSA) is 73.3 Å². The fourth-order valence-corrected chi connectivity index (χ4v) is 3.14.